The molecule has 1 fully saturated rings. The summed E-state index contributed by atoms with van der Waals surface area (Å²) in [5, 5.41) is 0. The van der Waals surface area contributed by atoms with Gasteiger partial charge in [0.1, 0.15) is 0 Å². The Kier molecular flexibility index (Phi) is 6.86. The Labute approximate surface area is 163 Å². The number of hydrogen-bond acceptors (Lipinski definition) is 1. The van der Waals surface area contributed by atoms with Crippen LogP contribution in [-0.4, -0.2) is 12.1 Å². The quantitative estimate of drug-likeness (QED) is 0.427. The summed E-state index contributed by atoms with van der Waals surface area (Å²) < 4.78 is 0. The second-order valence-electron chi connectivity index (χ2n) is 10.3. The minimum Gasteiger partial charge on any atom is -0.365 e. The number of nitrogens with zero attached hydrogens (tertiary/aromatic N) is 1. The number of benzene rings is 1. The molecule has 1 heteroatoms. The SMILES string of the molecule is CCCCCCC1(C)CN(c2c(C(C)C)cccc2C(C)C)C(C)(C)C1. The van der Waals surface area contributed by atoms with Gasteiger partial charge in [-0.1, -0.05) is 85.4 Å². The summed E-state index contributed by atoms with van der Waals surface area (Å²) in [5.41, 5.74) is 5.27. The molecule has 1 saturated heterocycles. The highest BCUT2D eigenvalue weighted by atomic mass is 15.2. The fourth-order valence-corrected chi connectivity index (χ4v) is 5.14. The van der Waals surface area contributed by atoms with Crippen molar-refractivity contribution >= 4 is 5.69 Å². The van der Waals surface area contributed by atoms with Crippen molar-refractivity contribution in [3.63, 3.8) is 0 Å². The Morgan fingerprint density at radius 1 is 0.923 bits per heavy atom. The van der Waals surface area contributed by atoms with E-state index in [0.717, 1.165) is 0 Å². The van der Waals surface area contributed by atoms with Crippen LogP contribution in [0.25, 0.3) is 0 Å². The molecule has 0 N–H and O–H groups in total. The molecule has 1 aliphatic rings. The van der Waals surface area contributed by atoms with Gasteiger partial charge in [0, 0.05) is 17.8 Å². The molecule has 1 aromatic rings. The molecule has 2 rings (SSSR count). The van der Waals surface area contributed by atoms with Gasteiger partial charge in [-0.25, -0.2) is 0 Å². The molecule has 1 aromatic carbocycles. The van der Waals surface area contributed by atoms with Gasteiger partial charge in [0.05, 0.1) is 0 Å². The van der Waals surface area contributed by atoms with Crippen LogP contribution in [0.4, 0.5) is 5.69 Å². The normalized spacial score (nSPS) is 22.6. The molecule has 0 aromatic heterocycles. The van der Waals surface area contributed by atoms with Gasteiger partial charge < -0.3 is 4.90 Å². The first-order valence-electron chi connectivity index (χ1n) is 11.0. The van der Waals surface area contributed by atoms with Crippen molar-refractivity contribution < 1.29 is 0 Å². The molecule has 1 atom stereocenters. The molecule has 148 valence electrons. The maximum atomic E-state index is 2.78. The zero-order valence-corrected chi connectivity index (χ0v) is 18.8. The monoisotopic (exact) mass is 357 g/mol. The van der Waals surface area contributed by atoms with Gasteiger partial charge in [-0.05, 0) is 55.1 Å². The van der Waals surface area contributed by atoms with E-state index < -0.39 is 0 Å². The van der Waals surface area contributed by atoms with Gasteiger partial charge in [-0.2, -0.15) is 0 Å². The Morgan fingerprint density at radius 3 is 2.00 bits per heavy atom. The smallest absolute Gasteiger partial charge is 0.0441 e. The van der Waals surface area contributed by atoms with Crippen molar-refractivity contribution in [1.82, 2.24) is 0 Å². The van der Waals surface area contributed by atoms with Crippen LogP contribution in [0.5, 0.6) is 0 Å². The molecule has 0 aliphatic carbocycles. The van der Waals surface area contributed by atoms with E-state index in [4.69, 9.17) is 0 Å². The number of rotatable bonds is 8. The average molecular weight is 358 g/mol. The van der Waals surface area contributed by atoms with E-state index in [1.807, 2.05) is 0 Å². The fraction of sp³-hybridized carbons (Fsp3) is 0.760. The van der Waals surface area contributed by atoms with Crippen LogP contribution < -0.4 is 4.90 Å². The third-order valence-electron chi connectivity index (χ3n) is 6.38. The third-order valence-corrected chi connectivity index (χ3v) is 6.38. The summed E-state index contributed by atoms with van der Waals surface area (Å²) >= 11 is 0. The Hall–Kier alpha value is -0.980. The number of hydrogen-bond donors (Lipinski definition) is 0. The van der Waals surface area contributed by atoms with E-state index in [1.54, 1.807) is 5.69 Å². The zero-order valence-electron chi connectivity index (χ0n) is 18.8. The predicted molar refractivity (Wildman–Crippen MR) is 118 cm³/mol. The lowest BCUT2D eigenvalue weighted by Gasteiger charge is -2.38. The highest BCUT2D eigenvalue weighted by Gasteiger charge is 2.46. The topological polar surface area (TPSA) is 3.24 Å². The van der Waals surface area contributed by atoms with Crippen molar-refractivity contribution in [3.8, 4) is 0 Å². The Morgan fingerprint density at radius 2 is 1.50 bits per heavy atom. The van der Waals surface area contributed by atoms with Crippen molar-refractivity contribution in [2.45, 2.75) is 111 Å². The summed E-state index contributed by atoms with van der Waals surface area (Å²) in [6.07, 6.45) is 8.16. The van der Waals surface area contributed by atoms with Crippen LogP contribution >= 0.6 is 0 Å². The number of anilines is 1. The summed E-state index contributed by atoms with van der Waals surface area (Å²) in [6.45, 7) is 20.3. The van der Waals surface area contributed by atoms with Gasteiger partial charge in [-0.3, -0.25) is 0 Å². The average Bonchev–Trinajstić information content (AvgIpc) is 2.80. The van der Waals surface area contributed by atoms with E-state index in [1.165, 1.54) is 56.2 Å². The van der Waals surface area contributed by atoms with Crippen molar-refractivity contribution in [1.29, 1.82) is 0 Å². The fourth-order valence-electron chi connectivity index (χ4n) is 5.14. The van der Waals surface area contributed by atoms with E-state index in [-0.39, 0.29) is 5.54 Å². The number of para-hydroxylation sites is 1. The summed E-state index contributed by atoms with van der Waals surface area (Å²) in [5.74, 6) is 1.13. The maximum Gasteiger partial charge on any atom is 0.0441 e. The second kappa shape index (κ2) is 8.36. The van der Waals surface area contributed by atoms with E-state index >= 15 is 0 Å². The molecule has 26 heavy (non-hydrogen) atoms. The summed E-state index contributed by atoms with van der Waals surface area (Å²) in [4.78, 5) is 2.78. The van der Waals surface area contributed by atoms with E-state index in [2.05, 4.69) is 78.5 Å². The van der Waals surface area contributed by atoms with Crippen LogP contribution in [0.1, 0.15) is 117 Å². The van der Waals surface area contributed by atoms with Crippen LogP contribution in [0.2, 0.25) is 0 Å². The predicted octanol–water partition coefficient (Wildman–Crippen LogP) is 7.90. The number of unbranched alkanes of at least 4 members (excludes halogenated alkanes) is 3. The van der Waals surface area contributed by atoms with E-state index in [9.17, 15) is 0 Å². The van der Waals surface area contributed by atoms with Crippen LogP contribution in [-0.2, 0) is 0 Å². The van der Waals surface area contributed by atoms with Gasteiger partial charge in [0.2, 0.25) is 0 Å². The zero-order chi connectivity index (χ0) is 19.5. The van der Waals surface area contributed by atoms with Crippen LogP contribution in [0.3, 0.4) is 0 Å². The summed E-state index contributed by atoms with van der Waals surface area (Å²) in [7, 11) is 0. The molecule has 0 saturated carbocycles. The third kappa shape index (κ3) is 4.65. The molecule has 1 heterocycles. The molecule has 1 unspecified atom stereocenters. The minimum absolute atomic E-state index is 0.230. The molecular formula is C25H43N. The first kappa shape index (κ1) is 21.3. The molecule has 0 bridgehead atoms. The highest BCUT2D eigenvalue weighted by Crippen LogP contribution is 2.49. The molecule has 0 spiro atoms. The first-order valence-corrected chi connectivity index (χ1v) is 11.0. The second-order valence-corrected chi connectivity index (χ2v) is 10.3. The van der Waals surface area contributed by atoms with E-state index in [0.29, 0.717) is 17.3 Å². The van der Waals surface area contributed by atoms with Gasteiger partial charge in [0.25, 0.3) is 0 Å². The minimum atomic E-state index is 0.230. The molecular weight excluding hydrogens is 314 g/mol. The molecule has 0 amide bonds. The Bertz CT molecular complexity index is 558. The molecule has 1 nitrogen and oxygen atoms in total. The van der Waals surface area contributed by atoms with Gasteiger partial charge >= 0.3 is 0 Å². The van der Waals surface area contributed by atoms with Crippen LogP contribution in [0, 0.1) is 5.41 Å². The summed E-state index contributed by atoms with van der Waals surface area (Å²) in [6, 6.07) is 6.99. The van der Waals surface area contributed by atoms with Crippen molar-refractivity contribution in [2.75, 3.05) is 11.4 Å². The largest absolute Gasteiger partial charge is 0.365 e. The van der Waals surface area contributed by atoms with Crippen molar-refractivity contribution in [2.24, 2.45) is 5.41 Å². The Balaban J connectivity index is 2.36. The highest BCUT2D eigenvalue weighted by molar-refractivity contribution is 5.64. The first-order chi connectivity index (χ1) is 12.1. The standard InChI is InChI=1S/C25H43N/c1-9-10-11-12-16-25(8)17-24(6,7)26(18-25)23-21(19(2)3)14-13-15-22(23)20(4)5/h13-15,19-20H,9-12,16-18H2,1-8H3. The lowest BCUT2D eigenvalue weighted by molar-refractivity contribution is 0.297. The van der Waals surface area contributed by atoms with Gasteiger partial charge in [0.15, 0.2) is 0 Å². The molecule has 1 aliphatic heterocycles. The van der Waals surface area contributed by atoms with Crippen molar-refractivity contribution in [3.05, 3.63) is 29.3 Å². The maximum absolute atomic E-state index is 2.78. The van der Waals surface area contributed by atoms with Gasteiger partial charge in [-0.15, -0.1) is 0 Å². The molecule has 0 radical (unpaired) electrons. The van der Waals surface area contributed by atoms with Crippen LogP contribution in [0.15, 0.2) is 18.2 Å². The lowest BCUT2D eigenvalue weighted by Crippen LogP contribution is -2.39. The lowest BCUT2D eigenvalue weighted by atomic mass is 9.79.